The van der Waals surface area contributed by atoms with E-state index in [4.69, 9.17) is 0 Å². The van der Waals surface area contributed by atoms with Gasteiger partial charge in [-0.1, -0.05) is 17.2 Å². The molecule has 92 valence electrons. The van der Waals surface area contributed by atoms with Crippen molar-refractivity contribution in [3.63, 3.8) is 0 Å². The highest BCUT2D eigenvalue weighted by molar-refractivity contribution is 5.93. The van der Waals surface area contributed by atoms with E-state index in [9.17, 15) is 9.18 Å². The molecule has 0 saturated heterocycles. The lowest BCUT2D eigenvalue weighted by Crippen LogP contribution is -2.15. The van der Waals surface area contributed by atoms with Gasteiger partial charge in [0.25, 0.3) is 5.95 Å². The molecular weight excluding hydrogens is 237 g/mol. The first-order chi connectivity index (χ1) is 8.74. The molecule has 1 amide bonds. The van der Waals surface area contributed by atoms with E-state index in [2.05, 4.69) is 25.9 Å². The highest BCUT2D eigenvalue weighted by atomic mass is 19.1. The minimum Gasteiger partial charge on any atom is -0.292 e. The van der Waals surface area contributed by atoms with Gasteiger partial charge in [0, 0.05) is 5.92 Å². The van der Waals surface area contributed by atoms with E-state index < -0.39 is 0 Å². The fourth-order valence-corrected chi connectivity index (χ4v) is 2.01. The van der Waals surface area contributed by atoms with Crippen LogP contribution in [0.25, 0.3) is 0 Å². The summed E-state index contributed by atoms with van der Waals surface area (Å²) in [5.41, 5.74) is 0.850. The number of H-pyrrole nitrogens is 1. The summed E-state index contributed by atoms with van der Waals surface area (Å²) in [6.45, 7) is 0. The Hall–Kier alpha value is -2.31. The first-order valence-corrected chi connectivity index (χ1v) is 5.54. The first-order valence-electron chi connectivity index (χ1n) is 5.54. The molecule has 1 aromatic heterocycles. The van der Waals surface area contributed by atoms with Crippen LogP contribution >= 0.6 is 0 Å². The van der Waals surface area contributed by atoms with Crippen LogP contribution in [0.2, 0.25) is 0 Å². The molecule has 0 bridgehead atoms. The third kappa shape index (κ3) is 2.06. The van der Waals surface area contributed by atoms with Crippen LogP contribution in [0.1, 0.15) is 17.9 Å². The largest absolute Gasteiger partial charge is 0.292 e. The number of carbonyl (C=O) groups excluding carboxylic acids is 1. The molecule has 1 saturated carbocycles. The predicted molar refractivity (Wildman–Crippen MR) is 60.1 cm³/mol. The molecule has 7 heteroatoms. The quantitative estimate of drug-likeness (QED) is 0.850. The summed E-state index contributed by atoms with van der Waals surface area (Å²) in [6, 6.07) is 6.33. The zero-order valence-electron chi connectivity index (χ0n) is 9.30. The number of hydrogen-bond acceptors (Lipinski definition) is 4. The number of tetrazole rings is 1. The number of halogens is 1. The van der Waals surface area contributed by atoms with Crippen molar-refractivity contribution < 1.29 is 9.18 Å². The van der Waals surface area contributed by atoms with E-state index in [1.54, 1.807) is 6.07 Å². The molecule has 6 nitrogen and oxygen atoms in total. The number of carbonyl (C=O) groups is 1. The van der Waals surface area contributed by atoms with Crippen LogP contribution in [-0.4, -0.2) is 26.5 Å². The van der Waals surface area contributed by atoms with Gasteiger partial charge in [-0.2, -0.15) is 5.21 Å². The third-order valence-electron chi connectivity index (χ3n) is 2.98. The van der Waals surface area contributed by atoms with Crippen molar-refractivity contribution in [1.82, 2.24) is 20.6 Å². The molecule has 18 heavy (non-hydrogen) atoms. The first kappa shape index (κ1) is 10.8. The van der Waals surface area contributed by atoms with Gasteiger partial charge < -0.3 is 0 Å². The summed E-state index contributed by atoms with van der Waals surface area (Å²) in [4.78, 5) is 11.8. The van der Waals surface area contributed by atoms with Gasteiger partial charge in [-0.15, -0.1) is 5.10 Å². The van der Waals surface area contributed by atoms with Gasteiger partial charge >= 0.3 is 0 Å². The summed E-state index contributed by atoms with van der Waals surface area (Å²) in [7, 11) is 0. The number of rotatable bonds is 3. The van der Waals surface area contributed by atoms with Crippen molar-refractivity contribution in [3.05, 3.63) is 35.6 Å². The minimum absolute atomic E-state index is 0.0765. The maximum absolute atomic E-state index is 13.1. The van der Waals surface area contributed by atoms with Crippen LogP contribution in [-0.2, 0) is 4.79 Å². The van der Waals surface area contributed by atoms with Crippen LogP contribution in [0.5, 0.6) is 0 Å². The summed E-state index contributed by atoms with van der Waals surface area (Å²) < 4.78 is 13.1. The Morgan fingerprint density at radius 3 is 3.11 bits per heavy atom. The molecule has 2 N–H and O–H groups in total. The van der Waals surface area contributed by atoms with Gasteiger partial charge in [0.2, 0.25) is 5.91 Å². The number of nitrogens with zero attached hydrogens (tertiary/aromatic N) is 3. The average molecular weight is 247 g/mol. The molecule has 1 aromatic carbocycles. The molecule has 0 radical (unpaired) electrons. The van der Waals surface area contributed by atoms with E-state index in [-0.39, 0.29) is 29.5 Å². The smallest absolute Gasteiger partial charge is 0.269 e. The molecule has 1 heterocycles. The Morgan fingerprint density at radius 1 is 1.50 bits per heavy atom. The maximum atomic E-state index is 13.1. The number of benzene rings is 1. The van der Waals surface area contributed by atoms with Crippen molar-refractivity contribution >= 4 is 11.9 Å². The second-order valence-electron chi connectivity index (χ2n) is 4.23. The summed E-state index contributed by atoms with van der Waals surface area (Å²) in [5.74, 6) is -0.356. The number of aromatic amines is 1. The van der Waals surface area contributed by atoms with Crippen molar-refractivity contribution in [2.45, 2.75) is 12.3 Å². The highest BCUT2D eigenvalue weighted by Crippen LogP contribution is 2.47. The Morgan fingerprint density at radius 2 is 2.39 bits per heavy atom. The van der Waals surface area contributed by atoms with Gasteiger partial charge in [-0.05, 0) is 35.2 Å². The second kappa shape index (κ2) is 4.17. The van der Waals surface area contributed by atoms with Crippen molar-refractivity contribution in [2.24, 2.45) is 5.92 Å². The van der Waals surface area contributed by atoms with E-state index in [1.165, 1.54) is 12.1 Å². The Labute approximate surface area is 102 Å². The van der Waals surface area contributed by atoms with Crippen LogP contribution < -0.4 is 5.32 Å². The summed E-state index contributed by atoms with van der Waals surface area (Å²) in [6.07, 6.45) is 0.715. The zero-order chi connectivity index (χ0) is 12.5. The predicted octanol–water partition coefficient (Wildman–Crippen LogP) is 1.08. The minimum atomic E-state index is -0.281. The molecule has 1 fully saturated rings. The average Bonchev–Trinajstić information content (AvgIpc) is 3.01. The normalized spacial score (nSPS) is 21.6. The number of hydrogen-bond donors (Lipinski definition) is 2. The number of amides is 1. The van der Waals surface area contributed by atoms with Gasteiger partial charge in [0.1, 0.15) is 5.82 Å². The number of anilines is 1. The molecule has 0 spiro atoms. The van der Waals surface area contributed by atoms with Gasteiger partial charge in [-0.3, -0.25) is 10.1 Å². The van der Waals surface area contributed by atoms with Gasteiger partial charge in [-0.25, -0.2) is 4.39 Å². The van der Waals surface area contributed by atoms with Crippen LogP contribution in [0.3, 0.4) is 0 Å². The molecule has 1 aliphatic rings. The standard InChI is InChI=1S/C11H10FN5O/c12-7-3-1-2-6(4-7)8-5-9(8)10(18)13-11-14-16-17-15-11/h1-4,8-9H,5H2,(H2,13,14,15,16,17,18)/t8-,9-/m0/s1. The molecular formula is C11H10FN5O. The Bertz CT molecular complexity index is 571. The van der Waals surface area contributed by atoms with Crippen LogP contribution in [0, 0.1) is 11.7 Å². The molecule has 2 atom stereocenters. The molecule has 2 aromatic rings. The Balaban J connectivity index is 1.65. The van der Waals surface area contributed by atoms with Gasteiger partial charge in [0.15, 0.2) is 0 Å². The van der Waals surface area contributed by atoms with Crippen LogP contribution in [0.15, 0.2) is 24.3 Å². The maximum Gasteiger partial charge on any atom is 0.269 e. The fraction of sp³-hybridized carbons (Fsp3) is 0.273. The molecule has 3 rings (SSSR count). The lowest BCUT2D eigenvalue weighted by molar-refractivity contribution is -0.117. The zero-order valence-corrected chi connectivity index (χ0v) is 9.30. The summed E-state index contributed by atoms with van der Waals surface area (Å²) >= 11 is 0. The highest BCUT2D eigenvalue weighted by Gasteiger charge is 2.44. The Kier molecular flexibility index (Phi) is 2.51. The monoisotopic (exact) mass is 247 g/mol. The van der Waals surface area contributed by atoms with Crippen molar-refractivity contribution in [3.8, 4) is 0 Å². The number of nitrogens with one attached hydrogen (secondary N) is 2. The lowest BCUT2D eigenvalue weighted by atomic mass is 10.1. The molecule has 0 aliphatic heterocycles. The molecule has 1 aliphatic carbocycles. The third-order valence-corrected chi connectivity index (χ3v) is 2.98. The second-order valence-corrected chi connectivity index (χ2v) is 4.23. The summed E-state index contributed by atoms with van der Waals surface area (Å²) in [5, 5.41) is 15.4. The van der Waals surface area contributed by atoms with E-state index in [0.717, 1.165) is 5.56 Å². The van der Waals surface area contributed by atoms with E-state index >= 15 is 0 Å². The fourth-order valence-electron chi connectivity index (χ4n) is 2.01. The molecule has 0 unspecified atom stereocenters. The number of aromatic nitrogens is 4. The SMILES string of the molecule is O=C(Nc1nn[nH]n1)[C@H]1C[C@H]1c1cccc(F)c1. The van der Waals surface area contributed by atoms with Crippen molar-refractivity contribution in [1.29, 1.82) is 0 Å². The topological polar surface area (TPSA) is 83.6 Å². The lowest BCUT2D eigenvalue weighted by Gasteiger charge is -2.00. The van der Waals surface area contributed by atoms with Crippen LogP contribution in [0.4, 0.5) is 10.3 Å². The van der Waals surface area contributed by atoms with E-state index in [0.29, 0.717) is 6.42 Å². The van der Waals surface area contributed by atoms with Crippen molar-refractivity contribution in [2.75, 3.05) is 5.32 Å². The van der Waals surface area contributed by atoms with Gasteiger partial charge in [0.05, 0.1) is 0 Å². The van der Waals surface area contributed by atoms with E-state index in [1.807, 2.05) is 6.07 Å².